The SMILES string of the molecule is CC(C)CC(N)c1nc(C(=O)N2CCN(C=O)CC2)co1. The van der Waals surface area contributed by atoms with Crippen LogP contribution in [0.1, 0.15) is 42.7 Å². The smallest absolute Gasteiger partial charge is 0.275 e. The molecule has 0 bridgehead atoms. The van der Waals surface area contributed by atoms with Gasteiger partial charge in [0.15, 0.2) is 5.69 Å². The van der Waals surface area contributed by atoms with Crippen LogP contribution >= 0.6 is 0 Å². The van der Waals surface area contributed by atoms with E-state index < -0.39 is 0 Å². The maximum atomic E-state index is 12.3. The highest BCUT2D eigenvalue weighted by Crippen LogP contribution is 2.19. The molecule has 2 rings (SSSR count). The van der Waals surface area contributed by atoms with Crippen LogP contribution in [0, 0.1) is 5.92 Å². The molecule has 0 aromatic carbocycles. The Hall–Kier alpha value is -1.89. The van der Waals surface area contributed by atoms with Crippen molar-refractivity contribution < 1.29 is 14.0 Å². The third kappa shape index (κ3) is 3.81. The van der Waals surface area contributed by atoms with Crippen molar-refractivity contribution in [3.05, 3.63) is 17.8 Å². The molecule has 1 atom stereocenters. The fraction of sp³-hybridized carbons (Fsp3) is 0.643. The second-order valence-corrected chi connectivity index (χ2v) is 5.74. The Bertz CT molecular complexity index is 492. The molecule has 2 N–H and O–H groups in total. The zero-order valence-electron chi connectivity index (χ0n) is 12.5. The number of rotatable bonds is 5. The molecule has 1 aromatic heterocycles. The molecule has 0 saturated carbocycles. The van der Waals surface area contributed by atoms with Crippen LogP contribution in [0.25, 0.3) is 0 Å². The van der Waals surface area contributed by atoms with E-state index in [0.717, 1.165) is 12.8 Å². The summed E-state index contributed by atoms with van der Waals surface area (Å²) in [7, 11) is 0. The van der Waals surface area contributed by atoms with Gasteiger partial charge in [-0.25, -0.2) is 4.98 Å². The van der Waals surface area contributed by atoms with Gasteiger partial charge in [0.2, 0.25) is 12.3 Å². The molecule has 0 radical (unpaired) electrons. The molecule has 116 valence electrons. The van der Waals surface area contributed by atoms with E-state index in [1.54, 1.807) is 9.80 Å². The Morgan fingerprint density at radius 3 is 2.67 bits per heavy atom. The number of hydrogen-bond acceptors (Lipinski definition) is 5. The molecule has 21 heavy (non-hydrogen) atoms. The Morgan fingerprint density at radius 1 is 1.43 bits per heavy atom. The van der Waals surface area contributed by atoms with Crippen molar-refractivity contribution in [2.75, 3.05) is 26.2 Å². The summed E-state index contributed by atoms with van der Waals surface area (Å²) >= 11 is 0. The molecule has 1 aliphatic heterocycles. The van der Waals surface area contributed by atoms with Crippen LogP contribution in [-0.2, 0) is 4.79 Å². The molecule has 1 fully saturated rings. The summed E-state index contributed by atoms with van der Waals surface area (Å²) in [4.78, 5) is 30.5. The molecule has 2 heterocycles. The van der Waals surface area contributed by atoms with Crippen molar-refractivity contribution in [3.8, 4) is 0 Å². The summed E-state index contributed by atoms with van der Waals surface area (Å²) in [5.74, 6) is 0.661. The van der Waals surface area contributed by atoms with Gasteiger partial charge < -0.3 is 20.0 Å². The molecule has 7 nitrogen and oxygen atoms in total. The van der Waals surface area contributed by atoms with Gasteiger partial charge in [-0.1, -0.05) is 13.8 Å². The fourth-order valence-corrected chi connectivity index (χ4v) is 2.36. The molecular formula is C14H22N4O3. The zero-order valence-corrected chi connectivity index (χ0v) is 12.5. The average Bonchev–Trinajstić information content (AvgIpc) is 2.96. The first-order chi connectivity index (χ1) is 10.0. The largest absolute Gasteiger partial charge is 0.446 e. The molecular weight excluding hydrogens is 272 g/mol. The summed E-state index contributed by atoms with van der Waals surface area (Å²) in [6, 6.07) is -0.293. The van der Waals surface area contributed by atoms with Crippen molar-refractivity contribution in [1.29, 1.82) is 0 Å². The van der Waals surface area contributed by atoms with Crippen molar-refractivity contribution in [1.82, 2.24) is 14.8 Å². The first-order valence-corrected chi connectivity index (χ1v) is 7.21. The van der Waals surface area contributed by atoms with E-state index in [4.69, 9.17) is 10.2 Å². The van der Waals surface area contributed by atoms with Crippen LogP contribution in [0.5, 0.6) is 0 Å². The Kier molecular flexibility index (Phi) is 4.95. The third-order valence-corrected chi connectivity index (χ3v) is 3.53. The highest BCUT2D eigenvalue weighted by atomic mass is 16.3. The highest BCUT2D eigenvalue weighted by molar-refractivity contribution is 5.92. The van der Waals surface area contributed by atoms with E-state index in [0.29, 0.717) is 38.0 Å². The van der Waals surface area contributed by atoms with E-state index in [9.17, 15) is 9.59 Å². The average molecular weight is 294 g/mol. The normalized spacial score (nSPS) is 17.1. The maximum Gasteiger partial charge on any atom is 0.275 e. The van der Waals surface area contributed by atoms with Crippen LogP contribution in [0.2, 0.25) is 0 Å². The standard InChI is InChI=1S/C14H22N4O3/c1-10(2)7-11(15)13-16-12(8-21-13)14(20)18-5-3-17(9-19)4-6-18/h8-11H,3-7,15H2,1-2H3. The number of amides is 2. The summed E-state index contributed by atoms with van der Waals surface area (Å²) in [6.45, 7) is 6.26. The van der Waals surface area contributed by atoms with Gasteiger partial charge in [-0.2, -0.15) is 0 Å². The van der Waals surface area contributed by atoms with Gasteiger partial charge in [-0.3, -0.25) is 9.59 Å². The van der Waals surface area contributed by atoms with Gasteiger partial charge in [-0.05, 0) is 12.3 Å². The van der Waals surface area contributed by atoms with Crippen molar-refractivity contribution in [2.24, 2.45) is 11.7 Å². The topological polar surface area (TPSA) is 92.7 Å². The molecule has 2 amide bonds. The van der Waals surface area contributed by atoms with Crippen LogP contribution in [-0.4, -0.2) is 53.3 Å². The molecule has 1 saturated heterocycles. The number of nitrogens with zero attached hydrogens (tertiary/aromatic N) is 3. The zero-order chi connectivity index (χ0) is 15.4. The van der Waals surface area contributed by atoms with E-state index >= 15 is 0 Å². The lowest BCUT2D eigenvalue weighted by atomic mass is 10.0. The number of hydrogen-bond donors (Lipinski definition) is 1. The van der Waals surface area contributed by atoms with Crippen LogP contribution < -0.4 is 5.73 Å². The predicted molar refractivity (Wildman–Crippen MR) is 76.4 cm³/mol. The Balaban J connectivity index is 1.97. The molecule has 0 spiro atoms. The molecule has 0 aliphatic carbocycles. The Labute approximate surface area is 124 Å². The lowest BCUT2D eigenvalue weighted by Crippen LogP contribution is -2.48. The minimum atomic E-state index is -0.293. The predicted octanol–water partition coefficient (Wildman–Crippen LogP) is 0.635. The van der Waals surface area contributed by atoms with Gasteiger partial charge >= 0.3 is 0 Å². The van der Waals surface area contributed by atoms with Gasteiger partial charge in [0.1, 0.15) is 6.26 Å². The van der Waals surface area contributed by atoms with Gasteiger partial charge in [-0.15, -0.1) is 0 Å². The van der Waals surface area contributed by atoms with E-state index in [2.05, 4.69) is 18.8 Å². The number of carbonyl (C=O) groups excluding carboxylic acids is 2. The quantitative estimate of drug-likeness (QED) is 0.804. The number of piperazine rings is 1. The van der Waals surface area contributed by atoms with Gasteiger partial charge in [0.25, 0.3) is 5.91 Å². The second-order valence-electron chi connectivity index (χ2n) is 5.74. The van der Waals surface area contributed by atoms with Crippen molar-refractivity contribution in [2.45, 2.75) is 26.3 Å². The minimum absolute atomic E-state index is 0.174. The summed E-state index contributed by atoms with van der Waals surface area (Å²) in [5.41, 5.74) is 6.28. The second kappa shape index (κ2) is 6.71. The van der Waals surface area contributed by atoms with Gasteiger partial charge in [0.05, 0.1) is 6.04 Å². The van der Waals surface area contributed by atoms with E-state index in [1.807, 2.05) is 0 Å². The lowest BCUT2D eigenvalue weighted by molar-refractivity contribution is -0.119. The number of nitrogens with two attached hydrogens (primary N) is 1. The van der Waals surface area contributed by atoms with Crippen molar-refractivity contribution in [3.63, 3.8) is 0 Å². The lowest BCUT2D eigenvalue weighted by Gasteiger charge is -2.31. The third-order valence-electron chi connectivity index (χ3n) is 3.53. The van der Waals surface area contributed by atoms with Crippen LogP contribution in [0.4, 0.5) is 0 Å². The number of oxazole rings is 1. The minimum Gasteiger partial charge on any atom is -0.446 e. The molecule has 1 aromatic rings. The summed E-state index contributed by atoms with van der Waals surface area (Å²) in [5, 5.41) is 0. The summed E-state index contributed by atoms with van der Waals surface area (Å²) < 4.78 is 5.33. The van der Waals surface area contributed by atoms with Crippen LogP contribution in [0.3, 0.4) is 0 Å². The highest BCUT2D eigenvalue weighted by Gasteiger charge is 2.25. The first kappa shape index (κ1) is 15.5. The van der Waals surface area contributed by atoms with Gasteiger partial charge in [0, 0.05) is 26.2 Å². The van der Waals surface area contributed by atoms with E-state index in [-0.39, 0.29) is 17.6 Å². The first-order valence-electron chi connectivity index (χ1n) is 7.21. The van der Waals surface area contributed by atoms with E-state index in [1.165, 1.54) is 6.26 Å². The maximum absolute atomic E-state index is 12.3. The monoisotopic (exact) mass is 294 g/mol. The number of aromatic nitrogens is 1. The summed E-state index contributed by atoms with van der Waals surface area (Å²) in [6.07, 6.45) is 2.93. The molecule has 1 aliphatic rings. The fourth-order valence-electron chi connectivity index (χ4n) is 2.36. The van der Waals surface area contributed by atoms with Crippen molar-refractivity contribution >= 4 is 12.3 Å². The Morgan fingerprint density at radius 2 is 2.10 bits per heavy atom. The van der Waals surface area contributed by atoms with Crippen LogP contribution in [0.15, 0.2) is 10.7 Å². The molecule has 1 unspecified atom stereocenters. The molecule has 7 heteroatoms. The number of carbonyl (C=O) groups is 2.